The lowest BCUT2D eigenvalue weighted by atomic mass is 10.5. The number of halogens is 1. The van der Waals surface area contributed by atoms with Gasteiger partial charge in [-0.05, 0) is 20.8 Å². The molecular formula is C9H21ClO4Si. The predicted octanol–water partition coefficient (Wildman–Crippen LogP) is 1.05. The van der Waals surface area contributed by atoms with Crippen LogP contribution in [0.1, 0.15) is 20.8 Å². The zero-order chi connectivity index (χ0) is 11.6. The summed E-state index contributed by atoms with van der Waals surface area (Å²) >= 11 is 5.58. The molecule has 0 unspecified atom stereocenters. The summed E-state index contributed by atoms with van der Waals surface area (Å²) in [4.78, 5) is 0. The van der Waals surface area contributed by atoms with Crippen molar-refractivity contribution in [2.75, 3.05) is 31.9 Å². The largest absolute Gasteiger partial charge is 0.415 e. The third-order valence-corrected chi connectivity index (χ3v) is 2.70. The Balaban J connectivity index is 4.18. The van der Waals surface area contributed by atoms with Gasteiger partial charge in [0.2, 0.25) is 0 Å². The maximum absolute atomic E-state index is 5.58. The first-order chi connectivity index (χ1) is 7.24. The standard InChI is InChI=1S/C9H21ClO4Si/c1-4-11-9(12-5-2,13-6-3)7-14-15-8-10/h4-8,15H2,1-3H3. The molecule has 0 aromatic rings. The predicted molar refractivity (Wildman–Crippen MR) is 62.8 cm³/mol. The molecule has 0 saturated heterocycles. The molecule has 0 rings (SSSR count). The number of hydrogen-bond donors (Lipinski definition) is 0. The van der Waals surface area contributed by atoms with Crippen LogP contribution in [0, 0.1) is 0 Å². The van der Waals surface area contributed by atoms with Crippen LogP contribution in [0.15, 0.2) is 0 Å². The second kappa shape index (κ2) is 9.56. The smallest absolute Gasteiger partial charge is 0.306 e. The number of ether oxygens (including phenoxy) is 3. The maximum atomic E-state index is 5.58. The van der Waals surface area contributed by atoms with Crippen molar-refractivity contribution in [1.29, 1.82) is 0 Å². The topological polar surface area (TPSA) is 36.9 Å². The Morgan fingerprint density at radius 1 is 1.00 bits per heavy atom. The zero-order valence-electron chi connectivity index (χ0n) is 9.75. The molecule has 0 radical (unpaired) electrons. The maximum Gasteiger partial charge on any atom is 0.306 e. The van der Waals surface area contributed by atoms with Gasteiger partial charge in [-0.3, -0.25) is 0 Å². The first-order valence-electron chi connectivity index (χ1n) is 5.30. The zero-order valence-corrected chi connectivity index (χ0v) is 11.9. The summed E-state index contributed by atoms with van der Waals surface area (Å²) in [6.07, 6.45) is 0. The highest BCUT2D eigenvalue weighted by Gasteiger charge is 2.32. The van der Waals surface area contributed by atoms with E-state index >= 15 is 0 Å². The van der Waals surface area contributed by atoms with Crippen molar-refractivity contribution in [3.05, 3.63) is 0 Å². The van der Waals surface area contributed by atoms with E-state index in [0.29, 0.717) is 31.9 Å². The highest BCUT2D eigenvalue weighted by atomic mass is 35.5. The highest BCUT2D eigenvalue weighted by Crippen LogP contribution is 2.16. The average molecular weight is 257 g/mol. The summed E-state index contributed by atoms with van der Waals surface area (Å²) in [5.41, 5.74) is 0.584. The van der Waals surface area contributed by atoms with Crippen molar-refractivity contribution >= 4 is 21.4 Å². The van der Waals surface area contributed by atoms with Crippen molar-refractivity contribution in [3.8, 4) is 0 Å². The van der Waals surface area contributed by atoms with E-state index in [2.05, 4.69) is 0 Å². The van der Waals surface area contributed by atoms with Gasteiger partial charge in [-0.15, -0.1) is 11.6 Å². The van der Waals surface area contributed by atoms with Crippen LogP contribution in [0.25, 0.3) is 0 Å². The Labute approximate surface area is 99.1 Å². The van der Waals surface area contributed by atoms with Gasteiger partial charge >= 0.3 is 5.97 Å². The van der Waals surface area contributed by atoms with E-state index in [0.717, 1.165) is 0 Å². The summed E-state index contributed by atoms with van der Waals surface area (Å²) in [6, 6.07) is 0. The van der Waals surface area contributed by atoms with Gasteiger partial charge in [-0.1, -0.05) is 0 Å². The minimum Gasteiger partial charge on any atom is -0.415 e. The fraction of sp³-hybridized carbons (Fsp3) is 1.00. The Hall–Kier alpha value is 0.347. The lowest BCUT2D eigenvalue weighted by Gasteiger charge is -2.31. The Morgan fingerprint density at radius 2 is 1.47 bits per heavy atom. The van der Waals surface area contributed by atoms with E-state index in [-0.39, 0.29) is 0 Å². The van der Waals surface area contributed by atoms with Gasteiger partial charge in [-0.25, -0.2) is 0 Å². The minimum absolute atomic E-state index is 0.293. The Bertz CT molecular complexity index is 131. The minimum atomic E-state index is -1.04. The quantitative estimate of drug-likeness (QED) is 0.253. The molecule has 0 aromatic heterocycles. The normalized spacial score (nSPS) is 12.8. The molecular weight excluding hydrogens is 236 g/mol. The van der Waals surface area contributed by atoms with Gasteiger partial charge in [0.15, 0.2) is 9.76 Å². The highest BCUT2D eigenvalue weighted by molar-refractivity contribution is 6.45. The van der Waals surface area contributed by atoms with Crippen molar-refractivity contribution in [2.45, 2.75) is 26.7 Å². The van der Waals surface area contributed by atoms with Crippen LogP contribution >= 0.6 is 11.6 Å². The van der Waals surface area contributed by atoms with Crippen LogP contribution in [0.5, 0.6) is 0 Å². The molecule has 0 atom stereocenters. The summed E-state index contributed by atoms with van der Waals surface area (Å²) in [6.45, 7) is 7.54. The Morgan fingerprint density at radius 3 is 1.80 bits per heavy atom. The molecule has 4 nitrogen and oxygen atoms in total. The number of hydrogen-bond acceptors (Lipinski definition) is 4. The molecule has 0 N–H and O–H groups in total. The molecule has 0 heterocycles. The van der Waals surface area contributed by atoms with Gasteiger partial charge in [0.05, 0.1) is 0 Å². The summed E-state index contributed by atoms with van der Waals surface area (Å²) in [7, 11) is -0.684. The molecule has 0 bridgehead atoms. The van der Waals surface area contributed by atoms with Crippen molar-refractivity contribution in [2.24, 2.45) is 0 Å². The third kappa shape index (κ3) is 6.50. The molecule has 0 saturated carbocycles. The lowest BCUT2D eigenvalue weighted by Crippen LogP contribution is -2.44. The second-order valence-corrected chi connectivity index (χ2v) is 5.05. The molecule has 0 aliphatic rings. The van der Waals surface area contributed by atoms with Gasteiger partial charge < -0.3 is 18.6 Å². The van der Waals surface area contributed by atoms with Crippen LogP contribution in [0.4, 0.5) is 0 Å². The van der Waals surface area contributed by atoms with E-state index < -0.39 is 15.7 Å². The van der Waals surface area contributed by atoms with E-state index in [1.807, 2.05) is 20.8 Å². The van der Waals surface area contributed by atoms with Crippen LogP contribution in [-0.2, 0) is 18.6 Å². The molecule has 0 fully saturated rings. The number of rotatable bonds is 10. The fourth-order valence-electron chi connectivity index (χ4n) is 1.16. The molecule has 0 amide bonds. The SMILES string of the molecule is CCOC(CO[SiH2]CCl)(OCC)OCC. The fourth-order valence-corrected chi connectivity index (χ4v) is 1.99. The number of alkyl halides is 1. The molecule has 0 aliphatic heterocycles. The van der Waals surface area contributed by atoms with Gasteiger partial charge in [0, 0.05) is 25.3 Å². The summed E-state index contributed by atoms with van der Waals surface area (Å²) in [5, 5.41) is 0. The van der Waals surface area contributed by atoms with Crippen molar-refractivity contribution in [1.82, 2.24) is 0 Å². The summed E-state index contributed by atoms with van der Waals surface area (Å²) < 4.78 is 21.8. The van der Waals surface area contributed by atoms with Gasteiger partial charge in [0.25, 0.3) is 0 Å². The van der Waals surface area contributed by atoms with Crippen LogP contribution < -0.4 is 0 Å². The first kappa shape index (κ1) is 15.3. The van der Waals surface area contributed by atoms with Crippen molar-refractivity contribution in [3.63, 3.8) is 0 Å². The van der Waals surface area contributed by atoms with Crippen LogP contribution in [0.2, 0.25) is 0 Å². The molecule has 6 heteroatoms. The van der Waals surface area contributed by atoms with Crippen LogP contribution in [0.3, 0.4) is 0 Å². The molecule has 15 heavy (non-hydrogen) atoms. The molecule has 0 aromatic carbocycles. The molecule has 0 spiro atoms. The van der Waals surface area contributed by atoms with E-state index in [1.165, 1.54) is 0 Å². The van der Waals surface area contributed by atoms with Gasteiger partial charge in [0.1, 0.15) is 6.61 Å². The molecule has 92 valence electrons. The first-order valence-corrected chi connectivity index (χ1v) is 7.41. The monoisotopic (exact) mass is 256 g/mol. The third-order valence-electron chi connectivity index (χ3n) is 1.59. The average Bonchev–Trinajstić information content (AvgIpc) is 2.19. The lowest BCUT2D eigenvalue weighted by molar-refractivity contribution is -0.385. The second-order valence-electron chi connectivity index (χ2n) is 2.72. The summed E-state index contributed by atoms with van der Waals surface area (Å²) in [5.74, 6) is -1.04. The van der Waals surface area contributed by atoms with E-state index in [1.54, 1.807) is 0 Å². The Kier molecular flexibility index (Phi) is 9.79. The van der Waals surface area contributed by atoms with E-state index in [4.69, 9.17) is 30.2 Å². The van der Waals surface area contributed by atoms with Crippen LogP contribution in [-0.4, -0.2) is 47.7 Å². The molecule has 0 aliphatic carbocycles. The van der Waals surface area contributed by atoms with Gasteiger partial charge in [-0.2, -0.15) is 0 Å². The van der Waals surface area contributed by atoms with E-state index in [9.17, 15) is 0 Å². The van der Waals surface area contributed by atoms with Crippen molar-refractivity contribution < 1.29 is 18.6 Å².